The van der Waals surface area contributed by atoms with Gasteiger partial charge in [-0.3, -0.25) is 0 Å². The molecule has 0 aliphatic carbocycles. The van der Waals surface area contributed by atoms with Crippen molar-refractivity contribution in [1.29, 1.82) is 5.26 Å². The van der Waals surface area contributed by atoms with E-state index in [0.717, 1.165) is 10.9 Å². The van der Waals surface area contributed by atoms with Crippen LogP contribution in [0, 0.1) is 17.1 Å². The summed E-state index contributed by atoms with van der Waals surface area (Å²) in [4.78, 5) is 0. The lowest BCUT2D eigenvalue weighted by Gasteiger charge is -2.08. The second-order valence-electron chi connectivity index (χ2n) is 4.68. The fourth-order valence-electron chi connectivity index (χ4n) is 2.29. The van der Waals surface area contributed by atoms with Crippen molar-refractivity contribution >= 4 is 34.1 Å². The Morgan fingerprint density at radius 3 is 2.67 bits per heavy atom. The van der Waals surface area contributed by atoms with Gasteiger partial charge in [-0.1, -0.05) is 29.3 Å². The zero-order valence-electron chi connectivity index (χ0n) is 10.8. The minimum absolute atomic E-state index is 0.305. The lowest BCUT2D eigenvalue weighted by molar-refractivity contribution is 0.601. The summed E-state index contributed by atoms with van der Waals surface area (Å²) in [6.07, 6.45) is 1.84. The molecule has 104 valence electrons. The van der Waals surface area contributed by atoms with E-state index in [2.05, 4.69) is 0 Å². The van der Waals surface area contributed by atoms with E-state index in [9.17, 15) is 4.39 Å². The zero-order valence-corrected chi connectivity index (χ0v) is 12.3. The fourth-order valence-corrected chi connectivity index (χ4v) is 2.83. The number of rotatable bonds is 2. The van der Waals surface area contributed by atoms with Gasteiger partial charge in [0.15, 0.2) is 0 Å². The van der Waals surface area contributed by atoms with E-state index in [1.807, 2.05) is 22.9 Å². The van der Waals surface area contributed by atoms with Crippen LogP contribution in [0.1, 0.15) is 11.1 Å². The van der Waals surface area contributed by atoms with Crippen LogP contribution in [0.15, 0.2) is 42.6 Å². The third-order valence-corrected chi connectivity index (χ3v) is 3.86. The maximum atomic E-state index is 14.0. The van der Waals surface area contributed by atoms with E-state index in [-0.39, 0.29) is 0 Å². The van der Waals surface area contributed by atoms with Gasteiger partial charge >= 0.3 is 0 Å². The molecule has 0 fully saturated rings. The Balaban J connectivity index is 2.05. The highest BCUT2D eigenvalue weighted by molar-refractivity contribution is 6.38. The summed E-state index contributed by atoms with van der Waals surface area (Å²) in [7, 11) is 0. The fraction of sp³-hybridized carbons (Fsp3) is 0.0625. The Kier molecular flexibility index (Phi) is 3.59. The molecule has 1 heterocycles. The van der Waals surface area contributed by atoms with Gasteiger partial charge in [-0.25, -0.2) is 4.39 Å². The molecule has 0 radical (unpaired) electrons. The summed E-state index contributed by atoms with van der Waals surface area (Å²) in [6.45, 7) is 0.345. The number of halogens is 3. The van der Waals surface area contributed by atoms with Crippen molar-refractivity contribution in [3.05, 3.63) is 69.6 Å². The van der Waals surface area contributed by atoms with Crippen molar-refractivity contribution in [1.82, 2.24) is 4.57 Å². The normalized spacial score (nSPS) is 10.8. The Morgan fingerprint density at radius 2 is 1.95 bits per heavy atom. The van der Waals surface area contributed by atoms with Gasteiger partial charge in [0, 0.05) is 22.2 Å². The van der Waals surface area contributed by atoms with Crippen LogP contribution in [0.5, 0.6) is 0 Å². The Bertz CT molecular complexity index is 878. The molecule has 0 aliphatic heterocycles. The van der Waals surface area contributed by atoms with Crippen molar-refractivity contribution in [3.63, 3.8) is 0 Å². The lowest BCUT2D eigenvalue weighted by atomic mass is 10.1. The predicted octanol–water partition coefficient (Wildman–Crippen LogP) is 5.01. The first kappa shape index (κ1) is 13.9. The average Bonchev–Trinajstić information content (AvgIpc) is 2.84. The molecule has 0 amide bonds. The lowest BCUT2D eigenvalue weighted by Crippen LogP contribution is -2.01. The molecule has 1 aromatic heterocycles. The molecule has 3 aromatic rings. The monoisotopic (exact) mass is 318 g/mol. The van der Waals surface area contributed by atoms with Crippen LogP contribution in [0.25, 0.3) is 10.9 Å². The van der Waals surface area contributed by atoms with Crippen LogP contribution < -0.4 is 0 Å². The van der Waals surface area contributed by atoms with Crippen molar-refractivity contribution in [2.24, 2.45) is 0 Å². The molecule has 0 N–H and O–H groups in total. The van der Waals surface area contributed by atoms with Crippen LogP contribution in [0.4, 0.5) is 4.39 Å². The van der Waals surface area contributed by atoms with E-state index in [1.165, 1.54) is 6.07 Å². The summed E-state index contributed by atoms with van der Waals surface area (Å²) in [5.74, 6) is -0.399. The number of nitrogens with zero attached hydrogens (tertiary/aromatic N) is 2. The molecule has 0 spiro atoms. The first-order valence-corrected chi connectivity index (χ1v) is 6.96. The quantitative estimate of drug-likeness (QED) is 0.653. The average molecular weight is 319 g/mol. The summed E-state index contributed by atoms with van der Waals surface area (Å²) >= 11 is 12.2. The van der Waals surface area contributed by atoms with Gasteiger partial charge in [-0.2, -0.15) is 5.26 Å². The number of benzene rings is 2. The Morgan fingerprint density at radius 1 is 1.14 bits per heavy atom. The molecule has 3 rings (SSSR count). The standard InChI is InChI=1S/C16H9Cl2FN2/c17-12-6-14(18)13-3-4-21(16(13)7-12)9-11-2-1-10(8-20)5-15(11)19/h1-7H,9H2. The van der Waals surface area contributed by atoms with Crippen LogP contribution in [0.3, 0.4) is 0 Å². The van der Waals surface area contributed by atoms with Crippen LogP contribution >= 0.6 is 23.2 Å². The highest BCUT2D eigenvalue weighted by Crippen LogP contribution is 2.29. The molecule has 0 saturated carbocycles. The van der Waals surface area contributed by atoms with Crippen molar-refractivity contribution in [3.8, 4) is 6.07 Å². The summed E-state index contributed by atoms with van der Waals surface area (Å²) < 4.78 is 15.8. The Labute approximate surface area is 130 Å². The summed E-state index contributed by atoms with van der Waals surface area (Å²) in [5, 5.41) is 10.7. The largest absolute Gasteiger partial charge is 0.343 e. The molecule has 0 aliphatic rings. The SMILES string of the molecule is N#Cc1ccc(Cn2ccc3c(Cl)cc(Cl)cc32)c(F)c1. The molecule has 0 unspecified atom stereocenters. The third kappa shape index (κ3) is 2.61. The van der Waals surface area contributed by atoms with Gasteiger partial charge in [-0.05, 0) is 30.3 Å². The second kappa shape index (κ2) is 5.40. The number of hydrogen-bond acceptors (Lipinski definition) is 1. The van der Waals surface area contributed by atoms with E-state index in [1.54, 1.807) is 24.3 Å². The van der Waals surface area contributed by atoms with E-state index in [0.29, 0.717) is 27.7 Å². The van der Waals surface area contributed by atoms with Crippen LogP contribution in [-0.4, -0.2) is 4.57 Å². The molecule has 21 heavy (non-hydrogen) atoms. The predicted molar refractivity (Wildman–Crippen MR) is 82.2 cm³/mol. The Hall–Kier alpha value is -2.02. The van der Waals surface area contributed by atoms with Crippen molar-refractivity contribution < 1.29 is 4.39 Å². The molecular formula is C16H9Cl2FN2. The minimum Gasteiger partial charge on any atom is -0.343 e. The highest BCUT2D eigenvalue weighted by atomic mass is 35.5. The minimum atomic E-state index is -0.399. The third-order valence-electron chi connectivity index (χ3n) is 3.33. The maximum absolute atomic E-state index is 14.0. The first-order valence-electron chi connectivity index (χ1n) is 6.21. The molecular weight excluding hydrogens is 310 g/mol. The number of hydrogen-bond donors (Lipinski definition) is 0. The maximum Gasteiger partial charge on any atom is 0.129 e. The highest BCUT2D eigenvalue weighted by Gasteiger charge is 2.09. The molecule has 2 aromatic carbocycles. The van der Waals surface area contributed by atoms with Gasteiger partial charge < -0.3 is 4.57 Å². The van der Waals surface area contributed by atoms with Crippen LogP contribution in [-0.2, 0) is 6.54 Å². The smallest absolute Gasteiger partial charge is 0.129 e. The summed E-state index contributed by atoms with van der Waals surface area (Å²) in [6, 6.07) is 11.7. The summed E-state index contributed by atoms with van der Waals surface area (Å²) in [5.41, 5.74) is 1.65. The van der Waals surface area contributed by atoms with E-state index in [4.69, 9.17) is 28.5 Å². The number of aromatic nitrogens is 1. The van der Waals surface area contributed by atoms with E-state index >= 15 is 0 Å². The molecule has 2 nitrogen and oxygen atoms in total. The van der Waals surface area contributed by atoms with Crippen molar-refractivity contribution in [2.75, 3.05) is 0 Å². The van der Waals surface area contributed by atoms with Gasteiger partial charge in [0.1, 0.15) is 5.82 Å². The molecule has 0 atom stereocenters. The van der Waals surface area contributed by atoms with Crippen molar-refractivity contribution in [2.45, 2.75) is 6.54 Å². The van der Waals surface area contributed by atoms with E-state index < -0.39 is 5.82 Å². The molecule has 0 saturated heterocycles. The van der Waals surface area contributed by atoms with Gasteiger partial charge in [-0.15, -0.1) is 0 Å². The number of fused-ring (bicyclic) bond motifs is 1. The molecule has 5 heteroatoms. The van der Waals surface area contributed by atoms with Gasteiger partial charge in [0.2, 0.25) is 0 Å². The number of nitriles is 1. The van der Waals surface area contributed by atoms with Crippen LogP contribution in [0.2, 0.25) is 10.0 Å². The molecule has 0 bridgehead atoms. The van der Waals surface area contributed by atoms with Gasteiger partial charge in [0.05, 0.1) is 28.7 Å². The topological polar surface area (TPSA) is 28.7 Å². The second-order valence-corrected chi connectivity index (χ2v) is 5.53. The van der Waals surface area contributed by atoms with Gasteiger partial charge in [0.25, 0.3) is 0 Å². The first-order chi connectivity index (χ1) is 10.1. The zero-order chi connectivity index (χ0) is 15.0.